The molecule has 1 aromatic heterocycles. The minimum Gasteiger partial charge on any atom is -0.344 e. The number of nitrogens with zero attached hydrogens (tertiary/aromatic N) is 2. The number of benzene rings is 2. The Kier molecular flexibility index (Phi) is 9.37. The molecular weight excluding hydrogens is 523 g/mol. The van der Waals surface area contributed by atoms with Crippen molar-refractivity contribution in [1.29, 1.82) is 0 Å². The summed E-state index contributed by atoms with van der Waals surface area (Å²) in [6.45, 7) is 1.82. The van der Waals surface area contributed by atoms with Gasteiger partial charge in [-0.2, -0.15) is 13.2 Å². The number of hydrogen-bond donors (Lipinski definition) is 2. The Morgan fingerprint density at radius 2 is 1.78 bits per heavy atom. The Balaban J connectivity index is 1.56. The number of anilines is 1. The molecule has 2 amide bonds. The summed E-state index contributed by atoms with van der Waals surface area (Å²) in [6, 6.07) is 6.82. The third-order valence-electron chi connectivity index (χ3n) is 4.77. The largest absolute Gasteiger partial charge is 0.416 e. The molecule has 2 aromatic carbocycles. The fourth-order valence-corrected chi connectivity index (χ4v) is 4.89. The van der Waals surface area contributed by atoms with E-state index >= 15 is 0 Å². The standard InChI is InChI=1S/C23H21F5N4O2S2/c1-2-4-18(29-19(33)10-14-8-16(24)11-17(25)9-14)20(34)30-21-31-32-22(36-21)35-12-13-5-3-6-15(7-13)23(26,27)28/h3,5-9,11,18H,2,4,10,12H2,1H3,(H,29,33)(H,30,31,34). The van der Waals surface area contributed by atoms with Crippen molar-refractivity contribution in [2.75, 3.05) is 5.32 Å². The molecule has 1 heterocycles. The van der Waals surface area contributed by atoms with Gasteiger partial charge in [0.15, 0.2) is 4.34 Å². The molecule has 0 saturated carbocycles. The lowest BCUT2D eigenvalue weighted by Crippen LogP contribution is -2.44. The van der Waals surface area contributed by atoms with Crippen LogP contribution >= 0.6 is 23.1 Å². The zero-order valence-electron chi connectivity index (χ0n) is 18.9. The lowest BCUT2D eigenvalue weighted by atomic mass is 10.1. The van der Waals surface area contributed by atoms with Crippen LogP contribution in [0.4, 0.5) is 27.1 Å². The van der Waals surface area contributed by atoms with Crippen LogP contribution in [0.1, 0.15) is 36.5 Å². The molecule has 0 radical (unpaired) electrons. The molecule has 0 aliphatic rings. The van der Waals surface area contributed by atoms with Crippen LogP contribution in [-0.2, 0) is 27.9 Å². The fourth-order valence-electron chi connectivity index (χ4n) is 3.19. The molecule has 6 nitrogen and oxygen atoms in total. The molecule has 13 heteroatoms. The summed E-state index contributed by atoms with van der Waals surface area (Å²) in [5, 5.41) is 13.1. The van der Waals surface area contributed by atoms with Gasteiger partial charge in [-0.05, 0) is 35.7 Å². The summed E-state index contributed by atoms with van der Waals surface area (Å²) >= 11 is 2.21. The van der Waals surface area contributed by atoms with Crippen molar-refractivity contribution in [2.45, 2.75) is 48.5 Å². The van der Waals surface area contributed by atoms with Crippen molar-refractivity contribution in [3.8, 4) is 0 Å². The van der Waals surface area contributed by atoms with Crippen molar-refractivity contribution in [3.63, 3.8) is 0 Å². The number of thioether (sulfide) groups is 1. The molecule has 0 spiro atoms. The molecule has 36 heavy (non-hydrogen) atoms. The monoisotopic (exact) mass is 544 g/mol. The third kappa shape index (κ3) is 8.26. The summed E-state index contributed by atoms with van der Waals surface area (Å²) in [6.07, 6.45) is -3.86. The van der Waals surface area contributed by atoms with Gasteiger partial charge >= 0.3 is 6.18 Å². The lowest BCUT2D eigenvalue weighted by molar-refractivity contribution is -0.137. The van der Waals surface area contributed by atoms with Gasteiger partial charge in [0.1, 0.15) is 17.7 Å². The first-order chi connectivity index (χ1) is 17.0. The van der Waals surface area contributed by atoms with E-state index in [1.165, 1.54) is 17.8 Å². The van der Waals surface area contributed by atoms with E-state index in [2.05, 4.69) is 20.8 Å². The molecule has 0 fully saturated rings. The molecule has 1 unspecified atom stereocenters. The number of halogens is 5. The van der Waals surface area contributed by atoms with Gasteiger partial charge in [0.25, 0.3) is 0 Å². The van der Waals surface area contributed by atoms with E-state index in [0.717, 1.165) is 35.6 Å². The fraction of sp³-hybridized carbons (Fsp3) is 0.304. The van der Waals surface area contributed by atoms with Gasteiger partial charge in [-0.15, -0.1) is 10.2 Å². The molecule has 192 valence electrons. The molecule has 0 bridgehead atoms. The second-order valence-electron chi connectivity index (χ2n) is 7.71. The Labute approximate surface area is 211 Å². The van der Waals surface area contributed by atoms with E-state index in [4.69, 9.17) is 0 Å². The number of nitrogens with one attached hydrogen (secondary N) is 2. The molecule has 2 N–H and O–H groups in total. The lowest BCUT2D eigenvalue weighted by Gasteiger charge is -2.17. The number of rotatable bonds is 10. The zero-order valence-corrected chi connectivity index (χ0v) is 20.5. The van der Waals surface area contributed by atoms with Crippen LogP contribution in [0.5, 0.6) is 0 Å². The van der Waals surface area contributed by atoms with Gasteiger partial charge in [-0.25, -0.2) is 8.78 Å². The van der Waals surface area contributed by atoms with E-state index in [9.17, 15) is 31.5 Å². The summed E-state index contributed by atoms with van der Waals surface area (Å²) in [7, 11) is 0. The number of carbonyl (C=O) groups is 2. The molecule has 3 aromatic rings. The van der Waals surface area contributed by atoms with Crippen LogP contribution < -0.4 is 10.6 Å². The van der Waals surface area contributed by atoms with Crippen LogP contribution in [0.2, 0.25) is 0 Å². The Hall–Kier alpha value is -3.06. The second kappa shape index (κ2) is 12.3. The van der Waals surface area contributed by atoms with Gasteiger partial charge in [0.05, 0.1) is 12.0 Å². The van der Waals surface area contributed by atoms with Gasteiger partial charge < -0.3 is 5.32 Å². The van der Waals surface area contributed by atoms with Crippen LogP contribution in [0.25, 0.3) is 0 Å². The summed E-state index contributed by atoms with van der Waals surface area (Å²) in [4.78, 5) is 25.1. The summed E-state index contributed by atoms with van der Waals surface area (Å²) in [5.74, 6) is -2.51. The topological polar surface area (TPSA) is 84.0 Å². The Morgan fingerprint density at radius 1 is 1.06 bits per heavy atom. The van der Waals surface area contributed by atoms with Crippen molar-refractivity contribution in [2.24, 2.45) is 0 Å². The van der Waals surface area contributed by atoms with Crippen molar-refractivity contribution in [1.82, 2.24) is 15.5 Å². The molecule has 0 aliphatic heterocycles. The average Bonchev–Trinajstić information content (AvgIpc) is 3.23. The zero-order chi connectivity index (χ0) is 26.3. The first-order valence-electron chi connectivity index (χ1n) is 10.7. The van der Waals surface area contributed by atoms with Crippen molar-refractivity contribution < 1.29 is 31.5 Å². The quantitative estimate of drug-likeness (QED) is 0.197. The van der Waals surface area contributed by atoms with E-state index in [-0.39, 0.29) is 22.9 Å². The maximum absolute atomic E-state index is 13.4. The summed E-state index contributed by atoms with van der Waals surface area (Å²) < 4.78 is 65.8. The predicted molar refractivity (Wildman–Crippen MR) is 126 cm³/mol. The normalized spacial score (nSPS) is 12.3. The summed E-state index contributed by atoms with van der Waals surface area (Å²) in [5.41, 5.74) is -0.149. The predicted octanol–water partition coefficient (Wildman–Crippen LogP) is 5.59. The second-order valence-corrected chi connectivity index (χ2v) is 9.91. The minimum atomic E-state index is -4.43. The number of hydrogen-bond acceptors (Lipinski definition) is 6. The number of amides is 2. The SMILES string of the molecule is CCCC(NC(=O)Cc1cc(F)cc(F)c1)C(=O)Nc1nnc(SCc2cccc(C(F)(F)F)c2)s1. The van der Waals surface area contributed by atoms with E-state index < -0.39 is 41.2 Å². The minimum absolute atomic E-state index is 0.132. The highest BCUT2D eigenvalue weighted by atomic mass is 32.2. The first-order valence-corrected chi connectivity index (χ1v) is 12.5. The molecule has 0 aliphatic carbocycles. The Bertz CT molecular complexity index is 1200. The third-order valence-corrected chi connectivity index (χ3v) is 6.81. The van der Waals surface area contributed by atoms with Crippen LogP contribution in [0.15, 0.2) is 46.8 Å². The van der Waals surface area contributed by atoms with Gasteiger partial charge in [0.2, 0.25) is 16.9 Å². The maximum Gasteiger partial charge on any atom is 0.416 e. The van der Waals surface area contributed by atoms with Gasteiger partial charge in [-0.3, -0.25) is 14.9 Å². The molecular formula is C23H21F5N4O2S2. The average molecular weight is 545 g/mol. The van der Waals surface area contributed by atoms with Crippen LogP contribution in [0, 0.1) is 11.6 Å². The number of aromatic nitrogens is 2. The smallest absolute Gasteiger partial charge is 0.344 e. The molecule has 3 rings (SSSR count). The number of alkyl halides is 3. The maximum atomic E-state index is 13.4. The number of carbonyl (C=O) groups excluding carboxylic acids is 2. The molecule has 1 atom stereocenters. The van der Waals surface area contributed by atoms with Crippen LogP contribution in [-0.4, -0.2) is 28.1 Å². The van der Waals surface area contributed by atoms with Crippen molar-refractivity contribution in [3.05, 3.63) is 70.8 Å². The van der Waals surface area contributed by atoms with Crippen molar-refractivity contribution >= 4 is 40.0 Å². The van der Waals surface area contributed by atoms with Gasteiger partial charge in [-0.1, -0.05) is 54.6 Å². The highest BCUT2D eigenvalue weighted by Crippen LogP contribution is 2.32. The molecule has 0 saturated heterocycles. The highest BCUT2D eigenvalue weighted by Gasteiger charge is 2.30. The first kappa shape index (κ1) is 27.5. The van der Waals surface area contributed by atoms with E-state index in [1.54, 1.807) is 6.07 Å². The van der Waals surface area contributed by atoms with E-state index in [0.29, 0.717) is 28.8 Å². The van der Waals surface area contributed by atoms with Gasteiger partial charge in [0, 0.05) is 11.8 Å². The Morgan fingerprint density at radius 3 is 2.44 bits per heavy atom. The highest BCUT2D eigenvalue weighted by molar-refractivity contribution is 8.00. The van der Waals surface area contributed by atoms with Crippen LogP contribution in [0.3, 0.4) is 0 Å². The van der Waals surface area contributed by atoms with E-state index in [1.807, 2.05) is 6.92 Å².